The molecule has 0 aliphatic heterocycles. The summed E-state index contributed by atoms with van der Waals surface area (Å²) in [6.07, 6.45) is 0.650. The van der Waals surface area contributed by atoms with Gasteiger partial charge in [0.2, 0.25) is 11.8 Å². The molecule has 0 aromatic heterocycles. The third kappa shape index (κ3) is 6.94. The second-order valence-electron chi connectivity index (χ2n) is 4.87. The monoisotopic (exact) mass is 243 g/mol. The van der Waals surface area contributed by atoms with Crippen LogP contribution in [0.5, 0.6) is 0 Å². The number of carbonyl (C=O) groups excluding carboxylic acids is 2. The van der Waals surface area contributed by atoms with Crippen molar-refractivity contribution in [3.05, 3.63) is 0 Å². The molecule has 1 unspecified atom stereocenters. The Bertz CT molecular complexity index is 254. The van der Waals surface area contributed by atoms with E-state index >= 15 is 0 Å². The van der Waals surface area contributed by atoms with E-state index in [1.165, 1.54) is 4.90 Å². The van der Waals surface area contributed by atoms with Crippen molar-refractivity contribution < 1.29 is 9.59 Å². The van der Waals surface area contributed by atoms with Crippen LogP contribution in [-0.4, -0.2) is 43.4 Å². The van der Waals surface area contributed by atoms with Crippen LogP contribution in [0.15, 0.2) is 0 Å². The Kier molecular flexibility index (Phi) is 7.54. The van der Waals surface area contributed by atoms with Gasteiger partial charge in [0, 0.05) is 19.5 Å². The number of nitrogens with one attached hydrogen (secondary N) is 1. The molecule has 1 atom stereocenters. The Morgan fingerprint density at radius 2 is 1.88 bits per heavy atom. The number of hydrogen-bond donors (Lipinski definition) is 2. The van der Waals surface area contributed by atoms with Crippen molar-refractivity contribution in [3.63, 3.8) is 0 Å². The minimum Gasteiger partial charge on any atom is -0.354 e. The lowest BCUT2D eigenvalue weighted by atomic mass is 10.1. The predicted octanol–water partition coefficient (Wildman–Crippen LogP) is 0.202. The number of nitrogens with two attached hydrogens (primary N) is 1. The molecule has 0 fully saturated rings. The summed E-state index contributed by atoms with van der Waals surface area (Å²) in [4.78, 5) is 24.8. The van der Waals surface area contributed by atoms with Crippen LogP contribution in [0.25, 0.3) is 0 Å². The quantitative estimate of drug-likeness (QED) is 0.671. The Morgan fingerprint density at radius 3 is 2.35 bits per heavy atom. The Balaban J connectivity index is 4.02. The van der Waals surface area contributed by atoms with Crippen molar-refractivity contribution >= 4 is 11.8 Å². The zero-order chi connectivity index (χ0) is 13.4. The lowest BCUT2D eigenvalue weighted by molar-refractivity contribution is -0.137. The first-order chi connectivity index (χ1) is 7.88. The Labute approximate surface area is 104 Å². The molecule has 17 heavy (non-hydrogen) atoms. The van der Waals surface area contributed by atoms with Crippen molar-refractivity contribution in [1.29, 1.82) is 0 Å². The SMILES string of the molecule is CC(C)CNC(=O)CN(C)C(=O)C(C)CCN. The molecule has 0 radical (unpaired) electrons. The van der Waals surface area contributed by atoms with E-state index in [0.717, 1.165) is 0 Å². The molecular weight excluding hydrogens is 218 g/mol. The van der Waals surface area contributed by atoms with Gasteiger partial charge < -0.3 is 16.0 Å². The van der Waals surface area contributed by atoms with E-state index in [-0.39, 0.29) is 24.3 Å². The van der Waals surface area contributed by atoms with Gasteiger partial charge >= 0.3 is 0 Å². The van der Waals surface area contributed by atoms with E-state index in [0.29, 0.717) is 25.4 Å². The molecule has 0 bridgehead atoms. The van der Waals surface area contributed by atoms with Crippen LogP contribution in [0.3, 0.4) is 0 Å². The number of carbonyl (C=O) groups is 2. The fourth-order valence-corrected chi connectivity index (χ4v) is 1.42. The van der Waals surface area contributed by atoms with Crippen molar-refractivity contribution in [3.8, 4) is 0 Å². The molecule has 0 aromatic carbocycles. The Morgan fingerprint density at radius 1 is 1.29 bits per heavy atom. The highest BCUT2D eigenvalue weighted by atomic mass is 16.2. The van der Waals surface area contributed by atoms with Gasteiger partial charge in [0.25, 0.3) is 0 Å². The summed E-state index contributed by atoms with van der Waals surface area (Å²) in [6, 6.07) is 0. The fraction of sp³-hybridized carbons (Fsp3) is 0.833. The van der Waals surface area contributed by atoms with E-state index in [4.69, 9.17) is 5.73 Å². The van der Waals surface area contributed by atoms with Crippen molar-refractivity contribution in [2.45, 2.75) is 27.2 Å². The molecule has 2 amide bonds. The summed E-state index contributed by atoms with van der Waals surface area (Å²) < 4.78 is 0. The molecular formula is C12H25N3O2. The lowest BCUT2D eigenvalue weighted by Crippen LogP contribution is -2.41. The predicted molar refractivity (Wildman–Crippen MR) is 68.3 cm³/mol. The van der Waals surface area contributed by atoms with Gasteiger partial charge in [-0.2, -0.15) is 0 Å². The van der Waals surface area contributed by atoms with Crippen molar-refractivity contribution in [2.75, 3.05) is 26.7 Å². The zero-order valence-corrected chi connectivity index (χ0v) is 11.3. The summed E-state index contributed by atoms with van der Waals surface area (Å²) in [7, 11) is 1.64. The molecule has 0 rings (SSSR count). The first-order valence-electron chi connectivity index (χ1n) is 6.10. The van der Waals surface area contributed by atoms with Crippen LogP contribution >= 0.6 is 0 Å². The second kappa shape index (κ2) is 8.06. The average molecular weight is 243 g/mol. The molecule has 0 aliphatic rings. The molecule has 5 heteroatoms. The molecule has 0 saturated heterocycles. The maximum atomic E-state index is 11.8. The first kappa shape index (κ1) is 15.9. The van der Waals surface area contributed by atoms with Gasteiger partial charge in [-0.3, -0.25) is 9.59 Å². The molecule has 0 saturated carbocycles. The van der Waals surface area contributed by atoms with Crippen molar-refractivity contribution in [1.82, 2.24) is 10.2 Å². The number of hydrogen-bond acceptors (Lipinski definition) is 3. The van der Waals surface area contributed by atoms with Gasteiger partial charge in [-0.05, 0) is 18.9 Å². The van der Waals surface area contributed by atoms with Gasteiger partial charge in [-0.25, -0.2) is 0 Å². The summed E-state index contributed by atoms with van der Waals surface area (Å²) in [6.45, 7) is 7.12. The molecule has 0 aliphatic carbocycles. The number of rotatable bonds is 7. The van der Waals surface area contributed by atoms with E-state index in [1.807, 2.05) is 20.8 Å². The van der Waals surface area contributed by atoms with Gasteiger partial charge in [0.15, 0.2) is 0 Å². The highest BCUT2D eigenvalue weighted by Crippen LogP contribution is 2.04. The lowest BCUT2D eigenvalue weighted by Gasteiger charge is -2.20. The van der Waals surface area contributed by atoms with Crippen LogP contribution in [0.2, 0.25) is 0 Å². The third-order valence-electron chi connectivity index (χ3n) is 2.49. The summed E-state index contributed by atoms with van der Waals surface area (Å²) >= 11 is 0. The van der Waals surface area contributed by atoms with Gasteiger partial charge in [-0.1, -0.05) is 20.8 Å². The third-order valence-corrected chi connectivity index (χ3v) is 2.49. The van der Waals surface area contributed by atoms with E-state index in [9.17, 15) is 9.59 Å². The molecule has 0 heterocycles. The minimum atomic E-state index is -0.122. The summed E-state index contributed by atoms with van der Waals surface area (Å²) in [5, 5.41) is 2.78. The number of amides is 2. The van der Waals surface area contributed by atoms with Crippen LogP contribution in [0.1, 0.15) is 27.2 Å². The van der Waals surface area contributed by atoms with Crippen LogP contribution in [0.4, 0.5) is 0 Å². The van der Waals surface area contributed by atoms with Crippen LogP contribution in [-0.2, 0) is 9.59 Å². The zero-order valence-electron chi connectivity index (χ0n) is 11.3. The van der Waals surface area contributed by atoms with E-state index in [2.05, 4.69) is 5.32 Å². The molecule has 0 spiro atoms. The minimum absolute atomic E-state index is 0.0323. The van der Waals surface area contributed by atoms with Crippen LogP contribution < -0.4 is 11.1 Å². The van der Waals surface area contributed by atoms with Crippen molar-refractivity contribution in [2.24, 2.45) is 17.6 Å². The Hall–Kier alpha value is -1.10. The topological polar surface area (TPSA) is 75.4 Å². The number of likely N-dealkylation sites (N-methyl/N-ethyl adjacent to an activating group) is 1. The second-order valence-corrected chi connectivity index (χ2v) is 4.87. The molecule has 5 nitrogen and oxygen atoms in total. The molecule has 3 N–H and O–H groups in total. The highest BCUT2D eigenvalue weighted by Gasteiger charge is 2.18. The molecule has 100 valence electrons. The maximum Gasteiger partial charge on any atom is 0.239 e. The largest absolute Gasteiger partial charge is 0.354 e. The summed E-state index contributed by atoms with van der Waals surface area (Å²) in [5.74, 6) is 0.142. The smallest absolute Gasteiger partial charge is 0.239 e. The number of nitrogens with zero attached hydrogens (tertiary/aromatic N) is 1. The highest BCUT2D eigenvalue weighted by molar-refractivity contribution is 5.85. The fourth-order valence-electron chi connectivity index (χ4n) is 1.42. The van der Waals surface area contributed by atoms with Gasteiger partial charge in [0.05, 0.1) is 6.54 Å². The van der Waals surface area contributed by atoms with E-state index < -0.39 is 0 Å². The summed E-state index contributed by atoms with van der Waals surface area (Å²) in [5.41, 5.74) is 5.40. The van der Waals surface area contributed by atoms with E-state index in [1.54, 1.807) is 7.05 Å². The molecule has 0 aromatic rings. The average Bonchev–Trinajstić information content (AvgIpc) is 2.25. The van der Waals surface area contributed by atoms with Gasteiger partial charge in [-0.15, -0.1) is 0 Å². The normalized spacial score (nSPS) is 12.4. The van der Waals surface area contributed by atoms with Crippen LogP contribution in [0, 0.1) is 11.8 Å². The maximum absolute atomic E-state index is 11.8. The first-order valence-corrected chi connectivity index (χ1v) is 6.10. The standard InChI is InChI=1S/C12H25N3O2/c1-9(2)7-14-11(16)8-15(4)12(17)10(3)5-6-13/h9-10H,5-8,13H2,1-4H3,(H,14,16). The van der Waals surface area contributed by atoms with Gasteiger partial charge in [0.1, 0.15) is 0 Å².